The van der Waals surface area contributed by atoms with Crippen LogP contribution in [0.2, 0.25) is 0 Å². The van der Waals surface area contributed by atoms with Crippen LogP contribution in [0, 0.1) is 29.1 Å². The molecule has 0 bridgehead atoms. The molecule has 128 valence electrons. The molecule has 2 saturated heterocycles. The van der Waals surface area contributed by atoms with Gasteiger partial charge in [-0.1, -0.05) is 0 Å². The summed E-state index contributed by atoms with van der Waals surface area (Å²) in [4.78, 5) is 5.40. The molecule has 4 heteroatoms. The number of benzene rings is 1. The van der Waals surface area contributed by atoms with Crippen LogP contribution in [-0.2, 0) is 0 Å². The van der Waals surface area contributed by atoms with E-state index in [0.29, 0.717) is 0 Å². The van der Waals surface area contributed by atoms with E-state index in [0.717, 1.165) is 35.5 Å². The summed E-state index contributed by atoms with van der Waals surface area (Å²) in [5.41, 5.74) is 1.84. The fourth-order valence-electron chi connectivity index (χ4n) is 4.38. The zero-order valence-corrected chi connectivity index (χ0v) is 14.5. The van der Waals surface area contributed by atoms with Crippen molar-refractivity contribution in [2.75, 3.05) is 51.1 Å². The number of nitrogens with zero attached hydrogens (tertiary/aromatic N) is 3. The van der Waals surface area contributed by atoms with Gasteiger partial charge in [0.15, 0.2) is 0 Å². The lowest BCUT2D eigenvalue weighted by molar-refractivity contribution is 0.249. The Morgan fingerprint density at radius 2 is 1.67 bits per heavy atom. The van der Waals surface area contributed by atoms with E-state index in [1.54, 1.807) is 0 Å². The average Bonchev–Trinajstić information content (AvgIpc) is 3.21. The van der Waals surface area contributed by atoms with Gasteiger partial charge in [-0.3, -0.25) is 0 Å². The summed E-state index contributed by atoms with van der Waals surface area (Å²) in [6.07, 6.45) is 4.14. The first-order valence-corrected chi connectivity index (χ1v) is 9.49. The third-order valence-electron chi connectivity index (χ3n) is 5.85. The summed E-state index contributed by atoms with van der Waals surface area (Å²) in [6.45, 7) is 8.90. The number of likely N-dealkylation sites (tertiary alicyclic amines) is 2. The maximum absolute atomic E-state index is 8.82. The smallest absolute Gasteiger partial charge is 0.0991 e. The molecule has 1 saturated carbocycles. The molecule has 1 aromatic carbocycles. The second kappa shape index (κ2) is 7.13. The van der Waals surface area contributed by atoms with Gasteiger partial charge in [0.25, 0.3) is 0 Å². The van der Waals surface area contributed by atoms with Crippen molar-refractivity contribution in [1.82, 2.24) is 9.80 Å². The Hall–Kier alpha value is -1.57. The van der Waals surface area contributed by atoms with Gasteiger partial charge in [0.2, 0.25) is 0 Å². The molecule has 2 unspecified atom stereocenters. The standard InChI is InChI=1S/C20H28N4/c21-10-16-4-6-20(7-5-16)22-8-1-9-23-12-18-14-24(11-17-2-3-17)15-19(18)13-23/h4-7,17-19,22H,1-3,8-9,11-15H2. The summed E-state index contributed by atoms with van der Waals surface area (Å²) in [5, 5.41) is 12.3. The van der Waals surface area contributed by atoms with Gasteiger partial charge in [0.1, 0.15) is 0 Å². The molecule has 4 nitrogen and oxygen atoms in total. The van der Waals surface area contributed by atoms with Crippen LogP contribution < -0.4 is 5.32 Å². The van der Waals surface area contributed by atoms with Gasteiger partial charge < -0.3 is 15.1 Å². The van der Waals surface area contributed by atoms with E-state index in [1.807, 2.05) is 24.3 Å². The topological polar surface area (TPSA) is 42.3 Å². The highest BCUT2D eigenvalue weighted by molar-refractivity contribution is 5.47. The predicted molar refractivity (Wildman–Crippen MR) is 96.8 cm³/mol. The van der Waals surface area contributed by atoms with Gasteiger partial charge in [-0.25, -0.2) is 0 Å². The molecule has 4 rings (SSSR count). The van der Waals surface area contributed by atoms with E-state index in [-0.39, 0.29) is 0 Å². The molecule has 2 atom stereocenters. The van der Waals surface area contributed by atoms with Crippen LogP contribution in [0.4, 0.5) is 5.69 Å². The van der Waals surface area contributed by atoms with Gasteiger partial charge in [0, 0.05) is 45.0 Å². The van der Waals surface area contributed by atoms with Crippen molar-refractivity contribution in [3.63, 3.8) is 0 Å². The number of nitrogens with one attached hydrogen (secondary N) is 1. The van der Waals surface area contributed by atoms with Gasteiger partial charge in [-0.05, 0) is 67.8 Å². The van der Waals surface area contributed by atoms with Crippen molar-refractivity contribution in [2.45, 2.75) is 19.3 Å². The molecule has 1 aromatic rings. The minimum Gasteiger partial charge on any atom is -0.385 e. The van der Waals surface area contributed by atoms with Crippen molar-refractivity contribution in [1.29, 1.82) is 5.26 Å². The van der Waals surface area contributed by atoms with Gasteiger partial charge in [-0.2, -0.15) is 5.26 Å². The normalized spacial score (nSPS) is 27.1. The third kappa shape index (κ3) is 3.91. The second-order valence-corrected chi connectivity index (χ2v) is 7.91. The zero-order chi connectivity index (χ0) is 16.4. The third-order valence-corrected chi connectivity index (χ3v) is 5.85. The number of hydrogen-bond acceptors (Lipinski definition) is 4. The van der Waals surface area contributed by atoms with E-state index in [9.17, 15) is 0 Å². The summed E-state index contributed by atoms with van der Waals surface area (Å²) in [5.74, 6) is 2.89. The SMILES string of the molecule is N#Cc1ccc(NCCCN2CC3CN(CC4CC4)CC3C2)cc1. The molecule has 2 aliphatic heterocycles. The number of hydrogen-bond donors (Lipinski definition) is 1. The number of fused-ring (bicyclic) bond motifs is 1. The van der Waals surface area contributed by atoms with Crippen molar-refractivity contribution in [2.24, 2.45) is 17.8 Å². The summed E-state index contributed by atoms with van der Waals surface area (Å²) >= 11 is 0. The quantitative estimate of drug-likeness (QED) is 0.783. The molecule has 3 aliphatic rings. The lowest BCUT2D eigenvalue weighted by atomic mass is 10.0. The molecule has 24 heavy (non-hydrogen) atoms. The van der Waals surface area contributed by atoms with Gasteiger partial charge >= 0.3 is 0 Å². The minimum absolute atomic E-state index is 0.722. The second-order valence-electron chi connectivity index (χ2n) is 7.91. The lowest BCUT2D eigenvalue weighted by Crippen LogP contribution is -2.31. The Kier molecular flexibility index (Phi) is 4.73. The van der Waals surface area contributed by atoms with E-state index in [2.05, 4.69) is 21.2 Å². The van der Waals surface area contributed by atoms with E-state index in [1.165, 1.54) is 58.5 Å². The van der Waals surface area contributed by atoms with Gasteiger partial charge in [0.05, 0.1) is 11.6 Å². The van der Waals surface area contributed by atoms with Crippen molar-refractivity contribution in [3.05, 3.63) is 29.8 Å². The maximum Gasteiger partial charge on any atom is 0.0991 e. The van der Waals surface area contributed by atoms with E-state index < -0.39 is 0 Å². The first kappa shape index (κ1) is 15.9. The molecule has 2 heterocycles. The number of anilines is 1. The minimum atomic E-state index is 0.722. The molecule has 0 spiro atoms. The first-order valence-electron chi connectivity index (χ1n) is 9.49. The Morgan fingerprint density at radius 3 is 2.29 bits per heavy atom. The van der Waals surface area contributed by atoms with Crippen LogP contribution in [0.1, 0.15) is 24.8 Å². The fraction of sp³-hybridized carbons (Fsp3) is 0.650. The Labute approximate surface area is 145 Å². The molecular formula is C20H28N4. The van der Waals surface area contributed by atoms with E-state index >= 15 is 0 Å². The molecule has 0 amide bonds. The highest BCUT2D eigenvalue weighted by atomic mass is 15.2. The molecular weight excluding hydrogens is 296 g/mol. The fourth-order valence-corrected chi connectivity index (χ4v) is 4.38. The largest absolute Gasteiger partial charge is 0.385 e. The van der Waals surface area contributed by atoms with Crippen molar-refractivity contribution in [3.8, 4) is 6.07 Å². The van der Waals surface area contributed by atoms with Crippen LogP contribution in [0.5, 0.6) is 0 Å². The molecule has 1 N–H and O–H groups in total. The van der Waals surface area contributed by atoms with Crippen LogP contribution in [0.25, 0.3) is 0 Å². The van der Waals surface area contributed by atoms with E-state index in [4.69, 9.17) is 5.26 Å². The molecule has 0 radical (unpaired) electrons. The summed E-state index contributed by atoms with van der Waals surface area (Å²) < 4.78 is 0. The monoisotopic (exact) mass is 324 g/mol. The van der Waals surface area contributed by atoms with Crippen LogP contribution >= 0.6 is 0 Å². The van der Waals surface area contributed by atoms with Crippen LogP contribution in [-0.4, -0.2) is 55.6 Å². The molecule has 0 aromatic heterocycles. The lowest BCUT2D eigenvalue weighted by Gasteiger charge is -2.21. The summed E-state index contributed by atoms with van der Waals surface area (Å²) in [7, 11) is 0. The van der Waals surface area contributed by atoms with Crippen LogP contribution in [0.15, 0.2) is 24.3 Å². The Morgan fingerprint density at radius 1 is 1.00 bits per heavy atom. The molecule has 1 aliphatic carbocycles. The molecule has 3 fully saturated rings. The predicted octanol–water partition coefficient (Wildman–Crippen LogP) is 2.63. The Balaban J connectivity index is 1.13. The van der Waals surface area contributed by atoms with Crippen molar-refractivity contribution < 1.29 is 0 Å². The average molecular weight is 324 g/mol. The van der Waals surface area contributed by atoms with Crippen LogP contribution in [0.3, 0.4) is 0 Å². The zero-order valence-electron chi connectivity index (χ0n) is 14.5. The maximum atomic E-state index is 8.82. The highest BCUT2D eigenvalue weighted by Gasteiger charge is 2.40. The number of rotatable bonds is 7. The highest BCUT2D eigenvalue weighted by Crippen LogP contribution is 2.35. The summed E-state index contributed by atoms with van der Waals surface area (Å²) in [6, 6.07) is 9.89. The number of nitriles is 1. The first-order chi connectivity index (χ1) is 11.8. The van der Waals surface area contributed by atoms with Crippen molar-refractivity contribution >= 4 is 5.69 Å². The Bertz CT molecular complexity index is 573. The van der Waals surface area contributed by atoms with Gasteiger partial charge in [-0.15, -0.1) is 0 Å².